The van der Waals surface area contributed by atoms with Crippen LogP contribution in [-0.2, 0) is 0 Å². The molecule has 5 heteroatoms. The standard InChI is InChI=1S/C13H13N3O2/c17-16(18)11-1-2-12-10(7-11)8-13(15-12)9-3-5-14-6-4-9/h1-3,7-8,14-15H,4-6H2. The number of aromatic nitrogens is 1. The summed E-state index contributed by atoms with van der Waals surface area (Å²) in [4.78, 5) is 13.7. The predicted octanol–water partition coefficient (Wildman–Crippen LogP) is 2.45. The lowest BCUT2D eigenvalue weighted by Crippen LogP contribution is -2.20. The zero-order valence-corrected chi connectivity index (χ0v) is 9.77. The molecule has 18 heavy (non-hydrogen) atoms. The second-order valence-electron chi connectivity index (χ2n) is 4.40. The van der Waals surface area contributed by atoms with Crippen LogP contribution in [0, 0.1) is 10.1 Å². The number of fused-ring (bicyclic) bond motifs is 1. The SMILES string of the molecule is O=[N+]([O-])c1ccc2[nH]c(C3=CCNCC3)cc2c1. The summed E-state index contributed by atoms with van der Waals surface area (Å²) < 4.78 is 0. The van der Waals surface area contributed by atoms with Gasteiger partial charge in [0.2, 0.25) is 0 Å². The molecule has 0 atom stereocenters. The lowest BCUT2D eigenvalue weighted by molar-refractivity contribution is -0.384. The molecule has 92 valence electrons. The van der Waals surface area contributed by atoms with Crippen LogP contribution in [0.15, 0.2) is 30.3 Å². The van der Waals surface area contributed by atoms with Crippen LogP contribution in [0.4, 0.5) is 5.69 Å². The van der Waals surface area contributed by atoms with Gasteiger partial charge in [0.1, 0.15) is 0 Å². The van der Waals surface area contributed by atoms with Gasteiger partial charge in [-0.25, -0.2) is 0 Å². The van der Waals surface area contributed by atoms with Crippen LogP contribution in [-0.4, -0.2) is 23.0 Å². The number of nitrogens with zero attached hydrogens (tertiary/aromatic N) is 1. The molecule has 0 bridgehead atoms. The summed E-state index contributed by atoms with van der Waals surface area (Å²) in [5.41, 5.74) is 3.40. The average molecular weight is 243 g/mol. The maximum Gasteiger partial charge on any atom is 0.270 e. The molecule has 1 aliphatic heterocycles. The smallest absolute Gasteiger partial charge is 0.270 e. The molecule has 1 aromatic carbocycles. The minimum Gasteiger partial charge on any atom is -0.355 e. The van der Waals surface area contributed by atoms with Gasteiger partial charge in [0.15, 0.2) is 0 Å². The summed E-state index contributed by atoms with van der Waals surface area (Å²) >= 11 is 0. The Hall–Kier alpha value is -2.14. The number of nitrogens with one attached hydrogen (secondary N) is 2. The first-order chi connectivity index (χ1) is 8.74. The van der Waals surface area contributed by atoms with Crippen LogP contribution in [0.3, 0.4) is 0 Å². The maximum atomic E-state index is 10.7. The predicted molar refractivity (Wildman–Crippen MR) is 70.4 cm³/mol. The number of nitro benzene ring substituents is 1. The highest BCUT2D eigenvalue weighted by atomic mass is 16.6. The van der Waals surface area contributed by atoms with Crippen molar-refractivity contribution >= 4 is 22.2 Å². The second-order valence-corrected chi connectivity index (χ2v) is 4.40. The van der Waals surface area contributed by atoms with Gasteiger partial charge in [-0.1, -0.05) is 6.08 Å². The van der Waals surface area contributed by atoms with Crippen LogP contribution in [0.1, 0.15) is 12.1 Å². The van der Waals surface area contributed by atoms with Gasteiger partial charge in [-0.3, -0.25) is 10.1 Å². The van der Waals surface area contributed by atoms with Crippen LogP contribution < -0.4 is 5.32 Å². The van der Waals surface area contributed by atoms with Gasteiger partial charge in [-0.05, 0) is 30.7 Å². The number of hydrogen-bond donors (Lipinski definition) is 2. The molecule has 2 heterocycles. The van der Waals surface area contributed by atoms with E-state index in [1.807, 2.05) is 6.07 Å². The van der Waals surface area contributed by atoms with E-state index < -0.39 is 0 Å². The van der Waals surface area contributed by atoms with E-state index in [4.69, 9.17) is 0 Å². The van der Waals surface area contributed by atoms with Crippen molar-refractivity contribution in [2.45, 2.75) is 6.42 Å². The topological polar surface area (TPSA) is 71.0 Å². The van der Waals surface area contributed by atoms with Gasteiger partial charge in [0.25, 0.3) is 5.69 Å². The Morgan fingerprint density at radius 1 is 1.28 bits per heavy atom. The van der Waals surface area contributed by atoms with E-state index in [1.165, 1.54) is 11.6 Å². The first kappa shape index (κ1) is 11.0. The van der Waals surface area contributed by atoms with Gasteiger partial charge < -0.3 is 10.3 Å². The van der Waals surface area contributed by atoms with E-state index in [2.05, 4.69) is 16.4 Å². The quantitative estimate of drug-likeness (QED) is 0.628. The Labute approximate surface area is 104 Å². The van der Waals surface area contributed by atoms with E-state index in [9.17, 15) is 10.1 Å². The number of rotatable bonds is 2. The number of non-ortho nitro benzene ring substituents is 1. The maximum absolute atomic E-state index is 10.7. The van der Waals surface area contributed by atoms with Gasteiger partial charge in [-0.2, -0.15) is 0 Å². The lowest BCUT2D eigenvalue weighted by Gasteiger charge is -2.12. The van der Waals surface area contributed by atoms with Crippen molar-refractivity contribution in [1.82, 2.24) is 10.3 Å². The number of aromatic amines is 1. The van der Waals surface area contributed by atoms with Crippen molar-refractivity contribution in [2.75, 3.05) is 13.1 Å². The zero-order valence-electron chi connectivity index (χ0n) is 9.77. The summed E-state index contributed by atoms with van der Waals surface area (Å²) in [6.45, 7) is 1.85. The van der Waals surface area contributed by atoms with Crippen LogP contribution in [0.25, 0.3) is 16.5 Å². The Balaban J connectivity index is 2.05. The van der Waals surface area contributed by atoms with Gasteiger partial charge in [0.05, 0.1) is 4.92 Å². The molecular weight excluding hydrogens is 230 g/mol. The third-order valence-electron chi connectivity index (χ3n) is 3.23. The highest BCUT2D eigenvalue weighted by Crippen LogP contribution is 2.26. The molecule has 3 rings (SSSR count). The van der Waals surface area contributed by atoms with E-state index in [0.29, 0.717) is 0 Å². The summed E-state index contributed by atoms with van der Waals surface area (Å²) in [6.07, 6.45) is 3.14. The summed E-state index contributed by atoms with van der Waals surface area (Å²) in [6, 6.07) is 6.88. The summed E-state index contributed by atoms with van der Waals surface area (Å²) in [7, 11) is 0. The minimum atomic E-state index is -0.365. The molecule has 2 aromatic rings. The molecule has 0 saturated heterocycles. The van der Waals surface area contributed by atoms with Crippen molar-refractivity contribution in [1.29, 1.82) is 0 Å². The Kier molecular flexibility index (Phi) is 2.60. The number of hydrogen-bond acceptors (Lipinski definition) is 3. The highest BCUT2D eigenvalue weighted by molar-refractivity contribution is 5.86. The second kappa shape index (κ2) is 4.27. The van der Waals surface area contributed by atoms with Gasteiger partial charge >= 0.3 is 0 Å². The molecule has 0 radical (unpaired) electrons. The fourth-order valence-corrected chi connectivity index (χ4v) is 2.27. The van der Waals surface area contributed by atoms with Crippen molar-refractivity contribution < 1.29 is 4.92 Å². The number of benzene rings is 1. The molecular formula is C13H13N3O2. The molecule has 1 aliphatic rings. The minimum absolute atomic E-state index is 0.132. The molecule has 0 aliphatic carbocycles. The Morgan fingerprint density at radius 2 is 2.17 bits per heavy atom. The molecule has 5 nitrogen and oxygen atoms in total. The van der Waals surface area contributed by atoms with E-state index in [1.54, 1.807) is 12.1 Å². The molecule has 1 aromatic heterocycles. The highest BCUT2D eigenvalue weighted by Gasteiger charge is 2.11. The Bertz CT molecular complexity index is 643. The zero-order chi connectivity index (χ0) is 12.5. The van der Waals surface area contributed by atoms with E-state index in [-0.39, 0.29) is 10.6 Å². The van der Waals surface area contributed by atoms with E-state index >= 15 is 0 Å². The third kappa shape index (κ3) is 1.89. The summed E-state index contributed by atoms with van der Waals surface area (Å²) in [5, 5.41) is 14.9. The monoisotopic (exact) mass is 243 g/mol. The van der Waals surface area contributed by atoms with Crippen LogP contribution in [0.2, 0.25) is 0 Å². The molecule has 0 amide bonds. The normalized spacial score (nSPS) is 15.7. The molecule has 2 N–H and O–H groups in total. The average Bonchev–Trinajstić information content (AvgIpc) is 2.82. The molecule has 0 saturated carbocycles. The molecule has 0 spiro atoms. The van der Waals surface area contributed by atoms with E-state index in [0.717, 1.165) is 36.1 Å². The molecule has 0 fully saturated rings. The van der Waals surface area contributed by atoms with Crippen molar-refractivity contribution in [3.63, 3.8) is 0 Å². The van der Waals surface area contributed by atoms with Crippen molar-refractivity contribution in [3.8, 4) is 0 Å². The van der Waals surface area contributed by atoms with Crippen molar-refractivity contribution in [2.24, 2.45) is 0 Å². The van der Waals surface area contributed by atoms with Crippen LogP contribution >= 0.6 is 0 Å². The third-order valence-corrected chi connectivity index (χ3v) is 3.23. The lowest BCUT2D eigenvalue weighted by atomic mass is 10.1. The number of nitro groups is 1. The van der Waals surface area contributed by atoms with Crippen LogP contribution in [0.5, 0.6) is 0 Å². The first-order valence-electron chi connectivity index (χ1n) is 5.91. The van der Waals surface area contributed by atoms with Crippen molar-refractivity contribution in [3.05, 3.63) is 46.1 Å². The Morgan fingerprint density at radius 3 is 2.89 bits per heavy atom. The largest absolute Gasteiger partial charge is 0.355 e. The molecule has 0 unspecified atom stereocenters. The fourth-order valence-electron chi connectivity index (χ4n) is 2.27. The van der Waals surface area contributed by atoms with Gasteiger partial charge in [0, 0.05) is 35.3 Å². The van der Waals surface area contributed by atoms with Gasteiger partial charge in [-0.15, -0.1) is 0 Å². The first-order valence-corrected chi connectivity index (χ1v) is 5.91. The fraction of sp³-hybridized carbons (Fsp3) is 0.231. The summed E-state index contributed by atoms with van der Waals surface area (Å²) in [5.74, 6) is 0. The number of H-pyrrole nitrogens is 1.